The Morgan fingerprint density at radius 1 is 1.57 bits per heavy atom. The Balaban J connectivity index is 2.82. The van der Waals surface area contributed by atoms with Crippen molar-refractivity contribution in [2.45, 2.75) is 45.5 Å². The second-order valence-corrected chi connectivity index (χ2v) is 5.02. The predicted octanol–water partition coefficient (Wildman–Crippen LogP) is 3.53. The lowest BCUT2D eigenvalue weighted by Crippen LogP contribution is -2.05. The molecule has 0 aliphatic carbocycles. The number of alkyl halides is 1. The molecule has 0 aliphatic rings. The number of halogens is 2. The second kappa shape index (κ2) is 5.17. The predicted molar refractivity (Wildman–Crippen MR) is 64.0 cm³/mol. The van der Waals surface area contributed by atoms with Crippen molar-refractivity contribution in [3.63, 3.8) is 0 Å². The SMILES string of the molecule is CCn1nc(C)c(Br)c1CCC(C)Cl. The number of aryl methyl sites for hydroxylation is 2. The van der Waals surface area contributed by atoms with Gasteiger partial charge in [-0.05, 0) is 49.5 Å². The van der Waals surface area contributed by atoms with Crippen LogP contribution in [-0.2, 0) is 13.0 Å². The Labute approximate surface area is 98.8 Å². The molecule has 0 spiro atoms. The van der Waals surface area contributed by atoms with Gasteiger partial charge in [-0.1, -0.05) is 0 Å². The van der Waals surface area contributed by atoms with E-state index in [1.54, 1.807) is 0 Å². The summed E-state index contributed by atoms with van der Waals surface area (Å²) in [5, 5.41) is 4.66. The maximum Gasteiger partial charge on any atom is 0.0738 e. The van der Waals surface area contributed by atoms with E-state index in [9.17, 15) is 0 Å². The average molecular weight is 280 g/mol. The molecule has 1 aromatic heterocycles. The Kier molecular flexibility index (Phi) is 4.45. The zero-order chi connectivity index (χ0) is 10.7. The molecular weight excluding hydrogens is 263 g/mol. The minimum atomic E-state index is 0.224. The third kappa shape index (κ3) is 2.74. The number of rotatable bonds is 4. The standard InChI is InChI=1S/C10H16BrClN2/c1-4-14-9(6-5-7(2)12)10(11)8(3)13-14/h7H,4-6H2,1-3H3. The van der Waals surface area contributed by atoms with Crippen LogP contribution >= 0.6 is 27.5 Å². The molecule has 1 rings (SSSR count). The molecule has 0 fully saturated rings. The molecule has 1 unspecified atom stereocenters. The molecule has 0 radical (unpaired) electrons. The summed E-state index contributed by atoms with van der Waals surface area (Å²) in [5.41, 5.74) is 2.32. The molecule has 1 atom stereocenters. The van der Waals surface area contributed by atoms with E-state index in [1.165, 1.54) is 5.69 Å². The fourth-order valence-electron chi connectivity index (χ4n) is 1.44. The summed E-state index contributed by atoms with van der Waals surface area (Å²) in [6, 6.07) is 0. The second-order valence-electron chi connectivity index (χ2n) is 3.48. The molecule has 0 saturated heterocycles. The number of aromatic nitrogens is 2. The van der Waals surface area contributed by atoms with Gasteiger partial charge in [0.2, 0.25) is 0 Å². The van der Waals surface area contributed by atoms with E-state index < -0.39 is 0 Å². The summed E-state index contributed by atoms with van der Waals surface area (Å²) in [4.78, 5) is 0. The molecule has 4 heteroatoms. The van der Waals surface area contributed by atoms with Gasteiger partial charge in [0.25, 0.3) is 0 Å². The van der Waals surface area contributed by atoms with Crippen LogP contribution in [0.25, 0.3) is 0 Å². The van der Waals surface area contributed by atoms with Crippen molar-refractivity contribution in [1.29, 1.82) is 0 Å². The largest absolute Gasteiger partial charge is 0.268 e. The number of hydrogen-bond acceptors (Lipinski definition) is 1. The lowest BCUT2D eigenvalue weighted by molar-refractivity contribution is 0.604. The third-order valence-corrected chi connectivity index (χ3v) is 3.48. The van der Waals surface area contributed by atoms with Crippen molar-refractivity contribution < 1.29 is 0 Å². The van der Waals surface area contributed by atoms with Crippen LogP contribution in [0.2, 0.25) is 0 Å². The molecule has 0 aromatic carbocycles. The summed E-state index contributed by atoms with van der Waals surface area (Å²) in [6.07, 6.45) is 1.98. The zero-order valence-electron chi connectivity index (χ0n) is 8.85. The van der Waals surface area contributed by atoms with E-state index in [2.05, 4.69) is 28.0 Å². The Morgan fingerprint density at radius 3 is 2.71 bits per heavy atom. The first-order valence-electron chi connectivity index (χ1n) is 4.92. The molecule has 1 aromatic rings. The monoisotopic (exact) mass is 278 g/mol. The highest BCUT2D eigenvalue weighted by atomic mass is 79.9. The molecule has 80 valence electrons. The van der Waals surface area contributed by atoms with Crippen molar-refractivity contribution >= 4 is 27.5 Å². The van der Waals surface area contributed by atoms with Crippen molar-refractivity contribution in [2.75, 3.05) is 0 Å². The van der Waals surface area contributed by atoms with E-state index in [0.29, 0.717) is 0 Å². The minimum absolute atomic E-state index is 0.224. The van der Waals surface area contributed by atoms with Gasteiger partial charge in [-0.25, -0.2) is 0 Å². The molecule has 0 saturated carbocycles. The molecule has 0 N–H and O–H groups in total. The van der Waals surface area contributed by atoms with Gasteiger partial charge in [0.15, 0.2) is 0 Å². The van der Waals surface area contributed by atoms with Gasteiger partial charge in [-0.15, -0.1) is 11.6 Å². The van der Waals surface area contributed by atoms with Crippen LogP contribution in [0.3, 0.4) is 0 Å². The minimum Gasteiger partial charge on any atom is -0.268 e. The van der Waals surface area contributed by atoms with E-state index in [-0.39, 0.29) is 5.38 Å². The molecule has 14 heavy (non-hydrogen) atoms. The van der Waals surface area contributed by atoms with Crippen LogP contribution in [0.1, 0.15) is 31.7 Å². The van der Waals surface area contributed by atoms with Crippen LogP contribution in [0, 0.1) is 6.92 Å². The summed E-state index contributed by atoms with van der Waals surface area (Å²) in [7, 11) is 0. The fourth-order valence-corrected chi connectivity index (χ4v) is 2.03. The molecule has 1 heterocycles. The lowest BCUT2D eigenvalue weighted by Gasteiger charge is -2.06. The molecular formula is C10H16BrClN2. The third-order valence-electron chi connectivity index (χ3n) is 2.23. The molecule has 2 nitrogen and oxygen atoms in total. The van der Waals surface area contributed by atoms with Crippen molar-refractivity contribution in [1.82, 2.24) is 9.78 Å². The Morgan fingerprint density at radius 2 is 2.21 bits per heavy atom. The van der Waals surface area contributed by atoms with Gasteiger partial charge >= 0.3 is 0 Å². The van der Waals surface area contributed by atoms with Gasteiger partial charge in [0.05, 0.1) is 15.9 Å². The van der Waals surface area contributed by atoms with E-state index in [4.69, 9.17) is 11.6 Å². The average Bonchev–Trinajstić information content (AvgIpc) is 2.40. The van der Waals surface area contributed by atoms with Crippen molar-refractivity contribution in [3.05, 3.63) is 15.9 Å². The van der Waals surface area contributed by atoms with Crippen LogP contribution in [0.15, 0.2) is 4.47 Å². The normalized spacial score (nSPS) is 13.2. The highest BCUT2D eigenvalue weighted by Gasteiger charge is 2.12. The summed E-state index contributed by atoms with van der Waals surface area (Å²) >= 11 is 9.50. The van der Waals surface area contributed by atoms with E-state index >= 15 is 0 Å². The fraction of sp³-hybridized carbons (Fsp3) is 0.700. The van der Waals surface area contributed by atoms with Gasteiger partial charge in [0, 0.05) is 11.9 Å². The van der Waals surface area contributed by atoms with Gasteiger partial charge < -0.3 is 0 Å². The topological polar surface area (TPSA) is 17.8 Å². The lowest BCUT2D eigenvalue weighted by atomic mass is 10.2. The van der Waals surface area contributed by atoms with Gasteiger partial charge in [0.1, 0.15) is 0 Å². The first kappa shape index (κ1) is 12.1. The summed E-state index contributed by atoms with van der Waals surface area (Å²) in [5.74, 6) is 0. The van der Waals surface area contributed by atoms with Crippen molar-refractivity contribution in [3.8, 4) is 0 Å². The highest BCUT2D eigenvalue weighted by Crippen LogP contribution is 2.23. The number of hydrogen-bond donors (Lipinski definition) is 0. The van der Waals surface area contributed by atoms with Crippen LogP contribution < -0.4 is 0 Å². The first-order valence-corrected chi connectivity index (χ1v) is 6.15. The van der Waals surface area contributed by atoms with E-state index in [1.807, 2.05) is 18.5 Å². The Hall–Kier alpha value is -0.0200. The summed E-state index contributed by atoms with van der Waals surface area (Å²) in [6.45, 7) is 7.06. The molecule has 0 amide bonds. The maximum atomic E-state index is 5.94. The first-order chi connectivity index (χ1) is 6.56. The molecule has 0 bridgehead atoms. The summed E-state index contributed by atoms with van der Waals surface area (Å²) < 4.78 is 3.18. The van der Waals surface area contributed by atoms with Crippen LogP contribution in [0.4, 0.5) is 0 Å². The highest BCUT2D eigenvalue weighted by molar-refractivity contribution is 9.10. The quantitative estimate of drug-likeness (QED) is 0.771. The van der Waals surface area contributed by atoms with Crippen molar-refractivity contribution in [2.24, 2.45) is 0 Å². The van der Waals surface area contributed by atoms with Gasteiger partial charge in [-0.2, -0.15) is 5.10 Å². The van der Waals surface area contributed by atoms with E-state index in [0.717, 1.165) is 29.6 Å². The van der Waals surface area contributed by atoms with Crippen LogP contribution in [0.5, 0.6) is 0 Å². The maximum absolute atomic E-state index is 5.94. The van der Waals surface area contributed by atoms with Crippen LogP contribution in [-0.4, -0.2) is 15.2 Å². The Bertz CT molecular complexity index is 307. The smallest absolute Gasteiger partial charge is 0.0738 e. The van der Waals surface area contributed by atoms with Gasteiger partial charge in [-0.3, -0.25) is 4.68 Å². The zero-order valence-corrected chi connectivity index (χ0v) is 11.2. The molecule has 0 aliphatic heterocycles. The number of nitrogens with zero attached hydrogens (tertiary/aromatic N) is 2.